The Morgan fingerprint density at radius 2 is 1.12 bits per heavy atom. The molecule has 3 heteroatoms. The lowest BCUT2D eigenvalue weighted by molar-refractivity contribution is -0.112. The van der Waals surface area contributed by atoms with Crippen molar-refractivity contribution in [3.05, 3.63) is 81.9 Å². The van der Waals surface area contributed by atoms with E-state index in [0.717, 1.165) is 22.3 Å². The van der Waals surface area contributed by atoms with Crippen LogP contribution in [0, 0.1) is 13.8 Å². The number of piperidine rings is 1. The first-order chi connectivity index (χ1) is 11.1. The summed E-state index contributed by atoms with van der Waals surface area (Å²) in [4.78, 5) is 12.7. The number of rotatable bonds is 2. The van der Waals surface area contributed by atoms with E-state index in [-0.39, 0.29) is 18.2 Å². The number of halogens is 1. The van der Waals surface area contributed by atoms with Gasteiger partial charge in [0.1, 0.15) is 0 Å². The number of carbonyl (C=O) groups excluding carboxylic acids is 1. The highest BCUT2D eigenvalue weighted by atomic mass is 35.5. The third kappa shape index (κ3) is 4.44. The number of nitrogens with one attached hydrogen (secondary N) is 1. The van der Waals surface area contributed by atoms with Gasteiger partial charge in [0, 0.05) is 24.2 Å². The van der Waals surface area contributed by atoms with Crippen molar-refractivity contribution in [3.63, 3.8) is 0 Å². The Balaban J connectivity index is 0.00000208. The first-order valence-corrected chi connectivity index (χ1v) is 7.92. The number of aryl methyl sites for hydroxylation is 2. The van der Waals surface area contributed by atoms with E-state index in [9.17, 15) is 4.79 Å². The largest absolute Gasteiger partial charge is 0.308 e. The second-order valence-corrected chi connectivity index (χ2v) is 6.09. The Labute approximate surface area is 149 Å². The SMILES string of the molecule is Cc1ccc(/C=C2\CNC/C(=C\c3ccc(C)cc3)C2=O)cc1.Cl. The molecule has 24 heavy (non-hydrogen) atoms. The minimum atomic E-state index is 0. The summed E-state index contributed by atoms with van der Waals surface area (Å²) in [6.45, 7) is 5.37. The van der Waals surface area contributed by atoms with Crippen LogP contribution >= 0.6 is 12.4 Å². The molecule has 1 heterocycles. The van der Waals surface area contributed by atoms with E-state index in [1.807, 2.05) is 36.4 Å². The van der Waals surface area contributed by atoms with Gasteiger partial charge in [0.15, 0.2) is 5.78 Å². The zero-order valence-corrected chi connectivity index (χ0v) is 14.8. The lowest BCUT2D eigenvalue weighted by atomic mass is 9.95. The Hall–Kier alpha value is -2.16. The van der Waals surface area contributed by atoms with E-state index in [4.69, 9.17) is 0 Å². The van der Waals surface area contributed by atoms with Crippen molar-refractivity contribution >= 4 is 30.3 Å². The zero-order valence-electron chi connectivity index (χ0n) is 14.0. The van der Waals surface area contributed by atoms with Crippen LogP contribution in [0.5, 0.6) is 0 Å². The molecule has 0 spiro atoms. The third-order valence-corrected chi connectivity index (χ3v) is 4.05. The summed E-state index contributed by atoms with van der Waals surface area (Å²) in [5.74, 6) is 0.143. The lowest BCUT2D eigenvalue weighted by Gasteiger charge is -2.18. The van der Waals surface area contributed by atoms with Gasteiger partial charge in [-0.3, -0.25) is 4.79 Å². The molecule has 0 saturated carbocycles. The molecule has 0 aromatic heterocycles. The van der Waals surface area contributed by atoms with Crippen molar-refractivity contribution < 1.29 is 4.79 Å². The Kier molecular flexibility index (Phi) is 6.13. The Morgan fingerprint density at radius 1 is 0.750 bits per heavy atom. The molecule has 1 fully saturated rings. The molecular weight excluding hydrogens is 318 g/mol. The second-order valence-electron chi connectivity index (χ2n) is 6.09. The smallest absolute Gasteiger partial charge is 0.187 e. The summed E-state index contributed by atoms with van der Waals surface area (Å²) in [6.07, 6.45) is 3.97. The highest BCUT2D eigenvalue weighted by Crippen LogP contribution is 2.18. The van der Waals surface area contributed by atoms with E-state index >= 15 is 0 Å². The first-order valence-electron chi connectivity index (χ1n) is 7.92. The summed E-state index contributed by atoms with van der Waals surface area (Å²) >= 11 is 0. The number of Topliss-reactive ketones (excluding diaryl/α,β-unsaturated/α-hetero) is 1. The number of benzene rings is 2. The van der Waals surface area contributed by atoms with Crippen molar-refractivity contribution in [1.29, 1.82) is 0 Å². The van der Waals surface area contributed by atoms with E-state index in [1.54, 1.807) is 0 Å². The minimum absolute atomic E-state index is 0. The summed E-state index contributed by atoms with van der Waals surface area (Å²) in [6, 6.07) is 16.5. The average Bonchev–Trinajstić information content (AvgIpc) is 2.55. The number of ketones is 1. The molecule has 0 bridgehead atoms. The summed E-state index contributed by atoms with van der Waals surface area (Å²) in [7, 11) is 0. The fourth-order valence-corrected chi connectivity index (χ4v) is 2.66. The normalized spacial score (nSPS) is 17.8. The number of hydrogen-bond acceptors (Lipinski definition) is 2. The minimum Gasteiger partial charge on any atom is -0.308 e. The van der Waals surface area contributed by atoms with Crippen LogP contribution in [-0.4, -0.2) is 18.9 Å². The van der Waals surface area contributed by atoms with Crippen molar-refractivity contribution in [1.82, 2.24) is 5.32 Å². The maximum Gasteiger partial charge on any atom is 0.187 e. The summed E-state index contributed by atoms with van der Waals surface area (Å²) in [5, 5.41) is 3.32. The number of carbonyl (C=O) groups is 1. The molecule has 0 aliphatic carbocycles. The van der Waals surface area contributed by atoms with Gasteiger partial charge in [-0.15, -0.1) is 12.4 Å². The first kappa shape index (κ1) is 18.2. The van der Waals surface area contributed by atoms with Crippen LogP contribution in [0.1, 0.15) is 22.3 Å². The van der Waals surface area contributed by atoms with E-state index in [0.29, 0.717) is 13.1 Å². The summed E-state index contributed by atoms with van der Waals surface area (Å²) in [5.41, 5.74) is 6.21. The molecule has 0 radical (unpaired) electrons. The summed E-state index contributed by atoms with van der Waals surface area (Å²) < 4.78 is 0. The molecule has 0 amide bonds. The van der Waals surface area contributed by atoms with Crippen LogP contribution in [0.15, 0.2) is 59.7 Å². The van der Waals surface area contributed by atoms with E-state index in [2.05, 4.69) is 43.4 Å². The van der Waals surface area contributed by atoms with E-state index < -0.39 is 0 Å². The molecule has 3 rings (SSSR count). The van der Waals surface area contributed by atoms with Crippen molar-refractivity contribution in [2.45, 2.75) is 13.8 Å². The van der Waals surface area contributed by atoms with Gasteiger partial charge in [0.2, 0.25) is 0 Å². The fraction of sp³-hybridized carbons (Fsp3) is 0.190. The quantitative estimate of drug-likeness (QED) is 0.823. The van der Waals surface area contributed by atoms with Crippen LogP contribution < -0.4 is 5.32 Å². The molecule has 1 saturated heterocycles. The molecule has 2 nitrogen and oxygen atoms in total. The van der Waals surface area contributed by atoms with E-state index in [1.165, 1.54) is 11.1 Å². The van der Waals surface area contributed by atoms with Crippen molar-refractivity contribution in [2.24, 2.45) is 0 Å². The van der Waals surface area contributed by atoms with Crippen LogP contribution in [0.2, 0.25) is 0 Å². The van der Waals surface area contributed by atoms with Gasteiger partial charge in [-0.1, -0.05) is 59.7 Å². The van der Waals surface area contributed by atoms with Gasteiger partial charge in [0.05, 0.1) is 0 Å². The molecule has 1 aliphatic rings. The van der Waals surface area contributed by atoms with Gasteiger partial charge < -0.3 is 5.32 Å². The van der Waals surface area contributed by atoms with Gasteiger partial charge in [0.25, 0.3) is 0 Å². The van der Waals surface area contributed by atoms with Crippen LogP contribution in [0.3, 0.4) is 0 Å². The Morgan fingerprint density at radius 3 is 1.50 bits per heavy atom. The molecule has 1 N–H and O–H groups in total. The molecule has 2 aromatic carbocycles. The maximum absolute atomic E-state index is 12.7. The molecule has 0 unspecified atom stereocenters. The van der Waals surface area contributed by atoms with Gasteiger partial charge in [-0.2, -0.15) is 0 Å². The Bertz CT molecular complexity index is 705. The topological polar surface area (TPSA) is 29.1 Å². The van der Waals surface area contributed by atoms with Crippen LogP contribution in [-0.2, 0) is 4.79 Å². The molecule has 1 aliphatic heterocycles. The maximum atomic E-state index is 12.7. The molecule has 2 aromatic rings. The van der Waals surface area contributed by atoms with Gasteiger partial charge in [-0.05, 0) is 37.1 Å². The van der Waals surface area contributed by atoms with Crippen molar-refractivity contribution in [3.8, 4) is 0 Å². The highest BCUT2D eigenvalue weighted by molar-refractivity contribution is 6.14. The molecule has 0 atom stereocenters. The molecular formula is C21H22ClNO. The van der Waals surface area contributed by atoms with Crippen LogP contribution in [0.25, 0.3) is 12.2 Å². The zero-order chi connectivity index (χ0) is 16.2. The predicted octanol–water partition coefficient (Wildman–Crippen LogP) is 4.36. The van der Waals surface area contributed by atoms with Crippen LogP contribution in [0.4, 0.5) is 0 Å². The number of hydrogen-bond donors (Lipinski definition) is 1. The van der Waals surface area contributed by atoms with Gasteiger partial charge in [-0.25, -0.2) is 0 Å². The van der Waals surface area contributed by atoms with Crippen molar-refractivity contribution in [2.75, 3.05) is 13.1 Å². The predicted molar refractivity (Wildman–Crippen MR) is 103 cm³/mol. The standard InChI is InChI=1S/C21H21NO.ClH/c1-15-3-7-17(8-4-15)11-19-13-22-14-20(21(19)23)12-18-9-5-16(2)6-10-18;/h3-12,22H,13-14H2,1-2H3;1H/b19-11+,20-12+;. The third-order valence-electron chi connectivity index (χ3n) is 4.05. The highest BCUT2D eigenvalue weighted by Gasteiger charge is 2.19. The lowest BCUT2D eigenvalue weighted by Crippen LogP contribution is -2.32. The van der Waals surface area contributed by atoms with Gasteiger partial charge >= 0.3 is 0 Å². The second kappa shape index (κ2) is 8.09. The average molecular weight is 340 g/mol. The fourth-order valence-electron chi connectivity index (χ4n) is 2.66. The molecule has 124 valence electrons. The monoisotopic (exact) mass is 339 g/mol.